The van der Waals surface area contributed by atoms with Crippen molar-refractivity contribution in [2.24, 2.45) is 17.8 Å². The minimum atomic E-state index is -0.419. The van der Waals surface area contributed by atoms with E-state index < -0.39 is 6.04 Å². The van der Waals surface area contributed by atoms with Crippen LogP contribution in [-0.4, -0.2) is 24.0 Å². The van der Waals surface area contributed by atoms with E-state index in [4.69, 9.17) is 4.74 Å². The van der Waals surface area contributed by atoms with Gasteiger partial charge in [0.15, 0.2) is 0 Å². The fourth-order valence-electron chi connectivity index (χ4n) is 3.27. The molecule has 1 aliphatic heterocycles. The first kappa shape index (κ1) is 14.4. The number of carbonyl (C=O) groups is 2. The number of hydrogen-bond acceptors (Lipinski definition) is 3. The highest BCUT2D eigenvalue weighted by molar-refractivity contribution is 5.88. The van der Waals surface area contributed by atoms with E-state index in [1.165, 1.54) is 6.42 Å². The summed E-state index contributed by atoms with van der Waals surface area (Å²) in [6, 6.07) is -0.419. The van der Waals surface area contributed by atoms with E-state index in [0.717, 1.165) is 12.8 Å². The van der Waals surface area contributed by atoms with Crippen molar-refractivity contribution in [3.05, 3.63) is 0 Å². The molecule has 1 saturated heterocycles. The smallest absolute Gasteiger partial charge is 0.328 e. The van der Waals surface area contributed by atoms with Gasteiger partial charge in [-0.1, -0.05) is 27.2 Å². The van der Waals surface area contributed by atoms with Crippen LogP contribution in [0.25, 0.3) is 0 Å². The molecular weight excluding hydrogens is 242 g/mol. The molecule has 2 aliphatic rings. The molecule has 1 saturated carbocycles. The van der Waals surface area contributed by atoms with Crippen molar-refractivity contribution in [2.45, 2.75) is 65.0 Å². The molecule has 4 nitrogen and oxygen atoms in total. The number of carbonyl (C=O) groups excluding carboxylic acids is 2. The Morgan fingerprint density at radius 3 is 2.63 bits per heavy atom. The van der Waals surface area contributed by atoms with Crippen molar-refractivity contribution in [1.29, 1.82) is 0 Å². The average Bonchev–Trinajstić information content (AvgIpc) is 2.75. The summed E-state index contributed by atoms with van der Waals surface area (Å²) in [7, 11) is 0. The van der Waals surface area contributed by atoms with Crippen LogP contribution in [-0.2, 0) is 14.3 Å². The molecule has 0 radical (unpaired) electrons. The van der Waals surface area contributed by atoms with Gasteiger partial charge in [0.05, 0.1) is 0 Å². The lowest BCUT2D eigenvalue weighted by Crippen LogP contribution is -2.41. The lowest BCUT2D eigenvalue weighted by molar-refractivity contribution is -0.158. The molecule has 0 aromatic carbocycles. The molecule has 0 aromatic rings. The quantitative estimate of drug-likeness (QED) is 0.798. The first-order valence-corrected chi connectivity index (χ1v) is 7.47. The van der Waals surface area contributed by atoms with Crippen LogP contribution < -0.4 is 5.32 Å². The van der Waals surface area contributed by atoms with Crippen LogP contribution in [0.4, 0.5) is 0 Å². The van der Waals surface area contributed by atoms with Gasteiger partial charge in [0.25, 0.3) is 0 Å². The van der Waals surface area contributed by atoms with E-state index in [9.17, 15) is 9.59 Å². The SMILES string of the molecule is CC(C)[C@@H]1CC[C@@H](C)C[C@H]1OC(=O)[C@H]1CCC(=O)N1. The van der Waals surface area contributed by atoms with Crippen LogP contribution >= 0.6 is 0 Å². The highest BCUT2D eigenvalue weighted by Gasteiger charge is 2.36. The normalized spacial score (nSPS) is 35.3. The van der Waals surface area contributed by atoms with Crippen LogP contribution in [0.15, 0.2) is 0 Å². The molecule has 1 N–H and O–H groups in total. The van der Waals surface area contributed by atoms with Crippen LogP contribution in [0.2, 0.25) is 0 Å². The maximum absolute atomic E-state index is 12.1. The van der Waals surface area contributed by atoms with Crippen molar-refractivity contribution in [2.75, 3.05) is 0 Å². The van der Waals surface area contributed by atoms with Crippen molar-refractivity contribution in [1.82, 2.24) is 5.32 Å². The Bertz CT molecular complexity index is 353. The number of rotatable bonds is 3. The summed E-state index contributed by atoms with van der Waals surface area (Å²) in [5.41, 5.74) is 0. The van der Waals surface area contributed by atoms with Crippen LogP contribution in [0.5, 0.6) is 0 Å². The molecular formula is C15H25NO3. The molecule has 4 atom stereocenters. The molecule has 0 unspecified atom stereocenters. The summed E-state index contributed by atoms with van der Waals surface area (Å²) < 4.78 is 5.71. The van der Waals surface area contributed by atoms with Crippen LogP contribution in [0, 0.1) is 17.8 Å². The summed E-state index contributed by atoms with van der Waals surface area (Å²) in [4.78, 5) is 23.3. The largest absolute Gasteiger partial charge is 0.461 e. The molecule has 0 spiro atoms. The van der Waals surface area contributed by atoms with Gasteiger partial charge >= 0.3 is 5.97 Å². The Hall–Kier alpha value is -1.06. The number of amides is 1. The average molecular weight is 267 g/mol. The summed E-state index contributed by atoms with van der Waals surface area (Å²) in [6.07, 6.45) is 4.34. The third-order valence-corrected chi connectivity index (χ3v) is 4.51. The minimum absolute atomic E-state index is 0.0220. The predicted molar refractivity (Wildman–Crippen MR) is 72.4 cm³/mol. The Labute approximate surface area is 115 Å². The molecule has 0 aromatic heterocycles. The molecule has 1 heterocycles. The van der Waals surface area contributed by atoms with Crippen molar-refractivity contribution < 1.29 is 14.3 Å². The zero-order valence-corrected chi connectivity index (χ0v) is 12.1. The molecule has 19 heavy (non-hydrogen) atoms. The first-order valence-electron chi connectivity index (χ1n) is 7.47. The van der Waals surface area contributed by atoms with E-state index in [2.05, 4.69) is 26.1 Å². The number of esters is 1. The molecule has 1 amide bonds. The highest BCUT2D eigenvalue weighted by atomic mass is 16.5. The maximum Gasteiger partial charge on any atom is 0.328 e. The van der Waals surface area contributed by atoms with Crippen molar-refractivity contribution in [3.8, 4) is 0 Å². The van der Waals surface area contributed by atoms with Gasteiger partial charge in [-0.15, -0.1) is 0 Å². The predicted octanol–water partition coefficient (Wildman–Crippen LogP) is 2.27. The topological polar surface area (TPSA) is 55.4 Å². The monoisotopic (exact) mass is 267 g/mol. The molecule has 108 valence electrons. The summed E-state index contributed by atoms with van der Waals surface area (Å²) in [6.45, 7) is 6.60. The second-order valence-corrected chi connectivity index (χ2v) is 6.46. The fourth-order valence-corrected chi connectivity index (χ4v) is 3.27. The van der Waals surface area contributed by atoms with Crippen LogP contribution in [0.3, 0.4) is 0 Å². The zero-order chi connectivity index (χ0) is 14.0. The lowest BCUT2D eigenvalue weighted by Gasteiger charge is -2.37. The molecule has 0 bridgehead atoms. The molecule has 2 fully saturated rings. The molecule has 2 rings (SSSR count). The van der Waals surface area contributed by atoms with Gasteiger partial charge < -0.3 is 10.1 Å². The van der Waals surface area contributed by atoms with Gasteiger partial charge in [0.1, 0.15) is 12.1 Å². The van der Waals surface area contributed by atoms with E-state index in [-0.39, 0.29) is 18.0 Å². The van der Waals surface area contributed by atoms with E-state index in [1.807, 2.05) is 0 Å². The number of ether oxygens (including phenoxy) is 1. The standard InChI is InChI=1S/C15H25NO3/c1-9(2)11-5-4-10(3)8-13(11)19-15(18)12-6-7-14(17)16-12/h9-13H,4-8H2,1-3H3,(H,16,17)/t10-,11+,12-,13-/m1/s1. The van der Waals surface area contributed by atoms with Crippen molar-refractivity contribution >= 4 is 11.9 Å². The Morgan fingerprint density at radius 2 is 2.05 bits per heavy atom. The number of nitrogens with one attached hydrogen (secondary N) is 1. The Kier molecular flexibility index (Phi) is 4.48. The van der Waals surface area contributed by atoms with Gasteiger partial charge in [-0.25, -0.2) is 4.79 Å². The van der Waals surface area contributed by atoms with Crippen molar-refractivity contribution in [3.63, 3.8) is 0 Å². The Balaban J connectivity index is 1.94. The maximum atomic E-state index is 12.1. The van der Waals surface area contributed by atoms with Gasteiger partial charge in [-0.2, -0.15) is 0 Å². The van der Waals surface area contributed by atoms with E-state index in [0.29, 0.717) is 30.6 Å². The van der Waals surface area contributed by atoms with E-state index in [1.54, 1.807) is 0 Å². The minimum Gasteiger partial charge on any atom is -0.461 e. The first-order chi connectivity index (χ1) is 8.97. The van der Waals surface area contributed by atoms with Gasteiger partial charge in [-0.3, -0.25) is 4.79 Å². The van der Waals surface area contributed by atoms with Gasteiger partial charge in [0, 0.05) is 6.42 Å². The zero-order valence-electron chi connectivity index (χ0n) is 12.1. The highest BCUT2D eigenvalue weighted by Crippen LogP contribution is 2.35. The second kappa shape index (κ2) is 5.93. The third-order valence-electron chi connectivity index (χ3n) is 4.51. The van der Waals surface area contributed by atoms with Crippen LogP contribution in [0.1, 0.15) is 52.9 Å². The lowest BCUT2D eigenvalue weighted by atomic mass is 9.75. The fraction of sp³-hybridized carbons (Fsp3) is 0.867. The van der Waals surface area contributed by atoms with Gasteiger partial charge in [0.2, 0.25) is 5.91 Å². The van der Waals surface area contributed by atoms with E-state index >= 15 is 0 Å². The summed E-state index contributed by atoms with van der Waals surface area (Å²) in [5.74, 6) is 1.32. The molecule has 1 aliphatic carbocycles. The Morgan fingerprint density at radius 1 is 1.32 bits per heavy atom. The summed E-state index contributed by atoms with van der Waals surface area (Å²) in [5, 5.41) is 2.69. The van der Waals surface area contributed by atoms with Gasteiger partial charge in [-0.05, 0) is 37.0 Å². The second-order valence-electron chi connectivity index (χ2n) is 6.46. The third kappa shape index (κ3) is 3.48. The number of hydrogen-bond donors (Lipinski definition) is 1. The summed E-state index contributed by atoms with van der Waals surface area (Å²) >= 11 is 0. The molecule has 4 heteroatoms.